The number of likely N-dealkylation sites (N-methyl/N-ethyl adjacent to an activating group) is 2. The SMILES string of the molecule is CCNC(CN(CC)CC(C)C)c1c(C)cc(C)cc1C. The molecule has 0 aromatic heterocycles. The summed E-state index contributed by atoms with van der Waals surface area (Å²) in [5.41, 5.74) is 5.68. The summed E-state index contributed by atoms with van der Waals surface area (Å²) in [6.45, 7) is 20.1. The molecule has 0 fully saturated rings. The first-order valence-corrected chi connectivity index (χ1v) is 8.42. The molecule has 1 aromatic carbocycles. The summed E-state index contributed by atoms with van der Waals surface area (Å²) >= 11 is 0. The number of nitrogens with zero attached hydrogens (tertiary/aromatic N) is 1. The van der Waals surface area contributed by atoms with Gasteiger partial charge in [0, 0.05) is 19.1 Å². The minimum atomic E-state index is 0.425. The van der Waals surface area contributed by atoms with Gasteiger partial charge in [0.15, 0.2) is 0 Å². The van der Waals surface area contributed by atoms with Crippen LogP contribution >= 0.6 is 0 Å². The van der Waals surface area contributed by atoms with Crippen LogP contribution in [0.15, 0.2) is 12.1 Å². The third-order valence-electron chi connectivity index (χ3n) is 4.05. The Hall–Kier alpha value is -0.860. The molecule has 1 rings (SSSR count). The Bertz CT molecular complexity index is 414. The van der Waals surface area contributed by atoms with E-state index in [0.29, 0.717) is 12.0 Å². The summed E-state index contributed by atoms with van der Waals surface area (Å²) in [6, 6.07) is 5.05. The fraction of sp³-hybridized carbons (Fsp3) is 0.684. The van der Waals surface area contributed by atoms with Gasteiger partial charge in [-0.25, -0.2) is 0 Å². The van der Waals surface area contributed by atoms with Crippen molar-refractivity contribution >= 4 is 0 Å². The first-order valence-electron chi connectivity index (χ1n) is 8.42. The summed E-state index contributed by atoms with van der Waals surface area (Å²) in [5, 5.41) is 3.70. The molecule has 0 bridgehead atoms. The Kier molecular flexibility index (Phi) is 7.41. The van der Waals surface area contributed by atoms with Crippen molar-refractivity contribution in [2.45, 2.75) is 54.5 Å². The van der Waals surface area contributed by atoms with Crippen LogP contribution in [0, 0.1) is 26.7 Å². The van der Waals surface area contributed by atoms with Gasteiger partial charge in [0.1, 0.15) is 0 Å². The molecule has 1 atom stereocenters. The number of aryl methyl sites for hydroxylation is 3. The molecule has 0 saturated carbocycles. The van der Waals surface area contributed by atoms with Crippen LogP contribution in [0.3, 0.4) is 0 Å². The molecule has 1 unspecified atom stereocenters. The molecule has 0 saturated heterocycles. The van der Waals surface area contributed by atoms with Crippen LogP contribution in [-0.4, -0.2) is 31.1 Å². The van der Waals surface area contributed by atoms with Gasteiger partial charge in [-0.1, -0.05) is 45.4 Å². The molecule has 1 aromatic rings. The average Bonchev–Trinajstić information content (AvgIpc) is 2.36. The van der Waals surface area contributed by atoms with Crippen molar-refractivity contribution in [2.24, 2.45) is 5.92 Å². The van der Waals surface area contributed by atoms with Gasteiger partial charge in [-0.3, -0.25) is 0 Å². The molecular weight excluding hydrogens is 256 g/mol. The van der Waals surface area contributed by atoms with Crippen molar-refractivity contribution < 1.29 is 0 Å². The monoisotopic (exact) mass is 290 g/mol. The van der Waals surface area contributed by atoms with Gasteiger partial charge in [-0.05, 0) is 56.5 Å². The zero-order valence-corrected chi connectivity index (χ0v) is 15.1. The summed E-state index contributed by atoms with van der Waals surface area (Å²) in [5.74, 6) is 0.715. The largest absolute Gasteiger partial charge is 0.309 e. The summed E-state index contributed by atoms with van der Waals surface area (Å²) in [4.78, 5) is 2.57. The lowest BCUT2D eigenvalue weighted by atomic mass is 9.93. The van der Waals surface area contributed by atoms with Crippen molar-refractivity contribution in [3.8, 4) is 0 Å². The Morgan fingerprint density at radius 3 is 2.00 bits per heavy atom. The van der Waals surface area contributed by atoms with E-state index in [4.69, 9.17) is 0 Å². The lowest BCUT2D eigenvalue weighted by Gasteiger charge is -2.30. The molecule has 0 radical (unpaired) electrons. The van der Waals surface area contributed by atoms with E-state index in [2.05, 4.69) is 70.8 Å². The van der Waals surface area contributed by atoms with Gasteiger partial charge in [0.2, 0.25) is 0 Å². The maximum atomic E-state index is 3.70. The smallest absolute Gasteiger partial charge is 0.0454 e. The van der Waals surface area contributed by atoms with Crippen molar-refractivity contribution in [2.75, 3.05) is 26.2 Å². The highest BCUT2D eigenvalue weighted by molar-refractivity contribution is 5.39. The molecule has 0 aliphatic rings. The highest BCUT2D eigenvalue weighted by atomic mass is 15.1. The highest BCUT2D eigenvalue weighted by Gasteiger charge is 2.19. The molecule has 0 aliphatic carbocycles. The van der Waals surface area contributed by atoms with Crippen LogP contribution in [0.25, 0.3) is 0 Å². The van der Waals surface area contributed by atoms with Crippen LogP contribution in [0.2, 0.25) is 0 Å². The Labute approximate surface area is 131 Å². The Morgan fingerprint density at radius 2 is 1.57 bits per heavy atom. The molecular formula is C19H34N2. The van der Waals surface area contributed by atoms with Crippen LogP contribution in [0.4, 0.5) is 0 Å². The second-order valence-electron chi connectivity index (χ2n) is 6.67. The highest BCUT2D eigenvalue weighted by Crippen LogP contribution is 2.24. The number of hydrogen-bond donors (Lipinski definition) is 1. The number of nitrogens with one attached hydrogen (secondary N) is 1. The summed E-state index contributed by atoms with van der Waals surface area (Å²) in [6.07, 6.45) is 0. The third kappa shape index (κ3) is 5.44. The van der Waals surface area contributed by atoms with Crippen molar-refractivity contribution in [3.63, 3.8) is 0 Å². The van der Waals surface area contributed by atoms with E-state index in [1.807, 2.05) is 0 Å². The molecule has 2 heteroatoms. The molecule has 0 spiro atoms. The van der Waals surface area contributed by atoms with E-state index in [0.717, 1.165) is 19.6 Å². The van der Waals surface area contributed by atoms with E-state index >= 15 is 0 Å². The first-order chi connectivity index (χ1) is 9.88. The van der Waals surface area contributed by atoms with E-state index in [9.17, 15) is 0 Å². The lowest BCUT2D eigenvalue weighted by molar-refractivity contribution is 0.229. The van der Waals surface area contributed by atoms with Crippen LogP contribution in [0.5, 0.6) is 0 Å². The van der Waals surface area contributed by atoms with E-state index in [1.165, 1.54) is 28.8 Å². The van der Waals surface area contributed by atoms with Gasteiger partial charge >= 0.3 is 0 Å². The van der Waals surface area contributed by atoms with Crippen LogP contribution in [-0.2, 0) is 0 Å². The van der Waals surface area contributed by atoms with Crippen molar-refractivity contribution in [3.05, 3.63) is 34.4 Å². The molecule has 2 nitrogen and oxygen atoms in total. The third-order valence-corrected chi connectivity index (χ3v) is 4.05. The predicted octanol–water partition coefficient (Wildman–Crippen LogP) is 4.24. The minimum absolute atomic E-state index is 0.425. The van der Waals surface area contributed by atoms with Gasteiger partial charge in [0.25, 0.3) is 0 Å². The Balaban J connectivity index is 3.01. The van der Waals surface area contributed by atoms with Crippen LogP contribution < -0.4 is 5.32 Å². The zero-order valence-electron chi connectivity index (χ0n) is 15.1. The van der Waals surface area contributed by atoms with Crippen LogP contribution in [0.1, 0.15) is 56.0 Å². The predicted molar refractivity (Wildman–Crippen MR) is 94.0 cm³/mol. The summed E-state index contributed by atoms with van der Waals surface area (Å²) < 4.78 is 0. The topological polar surface area (TPSA) is 15.3 Å². The fourth-order valence-electron chi connectivity index (χ4n) is 3.35. The molecule has 120 valence electrons. The summed E-state index contributed by atoms with van der Waals surface area (Å²) in [7, 11) is 0. The molecule has 21 heavy (non-hydrogen) atoms. The normalized spacial score (nSPS) is 13.2. The maximum absolute atomic E-state index is 3.70. The van der Waals surface area contributed by atoms with Gasteiger partial charge in [-0.15, -0.1) is 0 Å². The maximum Gasteiger partial charge on any atom is 0.0454 e. The van der Waals surface area contributed by atoms with Gasteiger partial charge < -0.3 is 10.2 Å². The molecule has 1 N–H and O–H groups in total. The van der Waals surface area contributed by atoms with Crippen molar-refractivity contribution in [1.29, 1.82) is 0 Å². The molecule has 0 amide bonds. The second-order valence-corrected chi connectivity index (χ2v) is 6.67. The molecule has 0 aliphatic heterocycles. The van der Waals surface area contributed by atoms with Gasteiger partial charge in [0.05, 0.1) is 0 Å². The van der Waals surface area contributed by atoms with E-state index in [1.54, 1.807) is 0 Å². The fourth-order valence-corrected chi connectivity index (χ4v) is 3.35. The number of benzene rings is 1. The quantitative estimate of drug-likeness (QED) is 0.770. The second kappa shape index (κ2) is 8.55. The molecule has 0 heterocycles. The number of rotatable bonds is 8. The van der Waals surface area contributed by atoms with Gasteiger partial charge in [-0.2, -0.15) is 0 Å². The first kappa shape index (κ1) is 18.2. The van der Waals surface area contributed by atoms with E-state index < -0.39 is 0 Å². The minimum Gasteiger partial charge on any atom is -0.309 e. The lowest BCUT2D eigenvalue weighted by Crippen LogP contribution is -2.37. The van der Waals surface area contributed by atoms with E-state index in [-0.39, 0.29) is 0 Å². The number of hydrogen-bond acceptors (Lipinski definition) is 2. The van der Waals surface area contributed by atoms with Crippen molar-refractivity contribution in [1.82, 2.24) is 10.2 Å². The standard InChI is InChI=1S/C19H34N2/c1-8-20-18(13-21(9-2)12-14(3)4)19-16(6)10-15(5)11-17(19)7/h10-11,14,18,20H,8-9,12-13H2,1-7H3. The zero-order chi connectivity index (χ0) is 16.0. The average molecular weight is 290 g/mol. The Morgan fingerprint density at radius 1 is 1.00 bits per heavy atom.